The number of carboxylic acids is 1. The number of amides is 1. The summed E-state index contributed by atoms with van der Waals surface area (Å²) in [4.78, 5) is 38.3. The number of alkyl halides is 1. The van der Waals surface area contributed by atoms with Crippen molar-refractivity contribution in [3.05, 3.63) is 59.3 Å². The first-order valence-electron chi connectivity index (χ1n) is 9.29. The highest BCUT2D eigenvalue weighted by molar-refractivity contribution is 8.00. The molecule has 6 nitrogen and oxygen atoms in total. The van der Waals surface area contributed by atoms with Gasteiger partial charge in [-0.3, -0.25) is 14.5 Å². The van der Waals surface area contributed by atoms with Crippen molar-refractivity contribution in [2.75, 3.05) is 5.75 Å². The Hall–Kier alpha value is -2.09. The van der Waals surface area contributed by atoms with E-state index in [9.17, 15) is 19.5 Å². The van der Waals surface area contributed by atoms with Crippen LogP contribution in [0.25, 0.3) is 0 Å². The van der Waals surface area contributed by atoms with Gasteiger partial charge < -0.3 is 9.84 Å². The van der Waals surface area contributed by atoms with E-state index in [1.807, 2.05) is 30.3 Å². The van der Waals surface area contributed by atoms with Crippen LogP contribution in [0.2, 0.25) is 0 Å². The summed E-state index contributed by atoms with van der Waals surface area (Å²) in [6.45, 7) is 1.73. The zero-order valence-electron chi connectivity index (χ0n) is 15.7. The fraction of sp³-hybridized carbons (Fsp3) is 0.381. The quantitative estimate of drug-likeness (QED) is 0.404. The van der Waals surface area contributed by atoms with Crippen molar-refractivity contribution in [3.63, 3.8) is 0 Å². The third kappa shape index (κ3) is 3.99. The van der Waals surface area contributed by atoms with Crippen molar-refractivity contribution in [3.8, 4) is 0 Å². The van der Waals surface area contributed by atoms with Crippen LogP contribution in [0.1, 0.15) is 18.9 Å². The molecular weight excluding hydrogens is 414 g/mol. The number of nitrogens with zero attached hydrogens (tertiary/aromatic N) is 1. The Bertz CT molecular complexity index is 926. The molecule has 0 aromatic heterocycles. The molecule has 152 valence electrons. The molecule has 4 atom stereocenters. The number of carboxylic acid groups (broad SMARTS) is 1. The highest BCUT2D eigenvalue weighted by Crippen LogP contribution is 2.46. The van der Waals surface area contributed by atoms with Crippen LogP contribution in [-0.2, 0) is 25.5 Å². The number of epoxide rings is 1. The Balaban J connectivity index is 1.45. The van der Waals surface area contributed by atoms with Gasteiger partial charge in [0.1, 0.15) is 17.6 Å². The van der Waals surface area contributed by atoms with Gasteiger partial charge in [-0.15, -0.1) is 11.8 Å². The minimum Gasteiger partial charge on any atom is -0.477 e. The largest absolute Gasteiger partial charge is 0.477 e. The first-order chi connectivity index (χ1) is 13.8. The number of Topliss-reactive ketones (excluding diaryl/α,β-unsaturated/α-hetero) is 1. The van der Waals surface area contributed by atoms with Gasteiger partial charge in [0.15, 0.2) is 5.06 Å². The number of rotatable bonds is 7. The minimum absolute atomic E-state index is 0.0151. The van der Waals surface area contributed by atoms with Crippen LogP contribution < -0.4 is 0 Å². The Labute approximate surface area is 177 Å². The summed E-state index contributed by atoms with van der Waals surface area (Å²) < 4.78 is 5.27. The maximum atomic E-state index is 12.7. The standard InChI is InChI=1S/C21H20ClNO5S/c1-21(22)16(28-21)8-7-13-11-29-19-15(18(25)23(19)17(13)20(26)27)10-14(24)9-12-5-3-2-4-6-12/h2-8,15-16,19H,9-11H2,1H3,(H,26,27)/b8-7+/t15-,16?,19?,21?/m1/s1. The summed E-state index contributed by atoms with van der Waals surface area (Å²) >= 11 is 7.51. The second kappa shape index (κ2) is 7.63. The molecule has 8 heteroatoms. The number of halogens is 1. The molecule has 1 aromatic rings. The maximum absolute atomic E-state index is 12.7. The Morgan fingerprint density at radius 3 is 2.69 bits per heavy atom. The van der Waals surface area contributed by atoms with Gasteiger partial charge in [-0.2, -0.15) is 0 Å². The number of ether oxygens (including phenoxy) is 1. The third-order valence-electron chi connectivity index (χ3n) is 5.28. The fourth-order valence-corrected chi connectivity index (χ4v) is 5.23. The average molecular weight is 434 g/mol. The first-order valence-corrected chi connectivity index (χ1v) is 10.7. The van der Waals surface area contributed by atoms with Gasteiger partial charge in [-0.1, -0.05) is 54.1 Å². The number of carbonyl (C=O) groups excluding carboxylic acids is 2. The predicted octanol–water partition coefficient (Wildman–Crippen LogP) is 2.97. The van der Waals surface area contributed by atoms with E-state index in [2.05, 4.69) is 0 Å². The summed E-state index contributed by atoms with van der Waals surface area (Å²) in [5.41, 5.74) is 1.44. The fourth-order valence-electron chi connectivity index (χ4n) is 3.68. The number of aliphatic carboxylic acids is 1. The van der Waals surface area contributed by atoms with Crippen molar-refractivity contribution in [1.82, 2.24) is 4.90 Å². The smallest absolute Gasteiger partial charge is 0.352 e. The van der Waals surface area contributed by atoms with Crippen molar-refractivity contribution in [2.45, 2.75) is 36.3 Å². The number of allylic oxidation sites excluding steroid dienone is 1. The van der Waals surface area contributed by atoms with Crippen LogP contribution >= 0.6 is 23.4 Å². The lowest BCUT2D eigenvalue weighted by Gasteiger charge is -2.49. The van der Waals surface area contributed by atoms with Gasteiger partial charge in [0.05, 0.1) is 11.3 Å². The molecule has 3 aliphatic heterocycles. The normalized spacial score (nSPS) is 30.9. The van der Waals surface area contributed by atoms with E-state index in [-0.39, 0.29) is 41.7 Å². The molecule has 1 aromatic carbocycles. The van der Waals surface area contributed by atoms with E-state index in [0.29, 0.717) is 11.3 Å². The molecule has 4 rings (SSSR count). The third-order valence-corrected chi connectivity index (χ3v) is 6.95. The number of fused-ring (bicyclic) bond motifs is 1. The zero-order chi connectivity index (χ0) is 20.8. The predicted molar refractivity (Wildman–Crippen MR) is 109 cm³/mol. The van der Waals surface area contributed by atoms with Gasteiger partial charge >= 0.3 is 5.97 Å². The van der Waals surface area contributed by atoms with E-state index in [1.165, 1.54) is 16.7 Å². The summed E-state index contributed by atoms with van der Waals surface area (Å²) in [5, 5.41) is 8.61. The first kappa shape index (κ1) is 20.2. The highest BCUT2D eigenvalue weighted by Gasteiger charge is 2.54. The second-order valence-electron chi connectivity index (χ2n) is 7.48. The molecule has 1 amide bonds. The van der Waals surface area contributed by atoms with E-state index >= 15 is 0 Å². The van der Waals surface area contributed by atoms with Crippen LogP contribution in [0.5, 0.6) is 0 Å². The topological polar surface area (TPSA) is 87.2 Å². The van der Waals surface area contributed by atoms with Crippen LogP contribution in [0, 0.1) is 5.92 Å². The van der Waals surface area contributed by atoms with Crippen molar-refractivity contribution in [2.24, 2.45) is 5.92 Å². The Morgan fingerprint density at radius 1 is 1.38 bits per heavy atom. The molecule has 3 heterocycles. The number of thioether (sulfide) groups is 1. The van der Waals surface area contributed by atoms with Crippen LogP contribution in [0.3, 0.4) is 0 Å². The van der Waals surface area contributed by atoms with E-state index < -0.39 is 16.9 Å². The molecule has 0 radical (unpaired) electrons. The summed E-state index contributed by atoms with van der Waals surface area (Å²) in [5.74, 6) is -1.51. The van der Waals surface area contributed by atoms with Crippen molar-refractivity contribution < 1.29 is 24.2 Å². The molecule has 3 aliphatic rings. The van der Waals surface area contributed by atoms with Gasteiger partial charge in [-0.25, -0.2) is 4.79 Å². The van der Waals surface area contributed by atoms with E-state index in [0.717, 1.165) is 5.56 Å². The van der Waals surface area contributed by atoms with Crippen LogP contribution in [-0.4, -0.2) is 50.0 Å². The lowest BCUT2D eigenvalue weighted by molar-refractivity contribution is -0.153. The van der Waals surface area contributed by atoms with Crippen LogP contribution in [0.15, 0.2) is 53.8 Å². The number of β-lactam (4-membered cyclic amide) rings is 1. The number of hydrogen-bond donors (Lipinski definition) is 1. The summed E-state index contributed by atoms with van der Waals surface area (Å²) in [6.07, 6.45) is 3.52. The molecule has 0 bridgehead atoms. The SMILES string of the molecule is CC1(Cl)OC1/C=C/C1=C(C(=O)O)N2C(=O)[C@@H](CC(=O)Cc3ccccc3)C2SC1. The zero-order valence-corrected chi connectivity index (χ0v) is 17.3. The minimum atomic E-state index is -1.15. The Morgan fingerprint density at radius 2 is 2.07 bits per heavy atom. The molecule has 0 spiro atoms. The summed E-state index contributed by atoms with van der Waals surface area (Å²) in [7, 11) is 0. The van der Waals surface area contributed by atoms with Crippen molar-refractivity contribution >= 4 is 41.0 Å². The monoisotopic (exact) mass is 433 g/mol. The molecule has 1 N–H and O–H groups in total. The molecule has 3 unspecified atom stereocenters. The maximum Gasteiger partial charge on any atom is 0.352 e. The number of hydrogen-bond acceptors (Lipinski definition) is 5. The molecular formula is C21H20ClNO5S. The van der Waals surface area contributed by atoms with Gasteiger partial charge in [-0.05, 0) is 18.1 Å². The molecule has 29 heavy (non-hydrogen) atoms. The van der Waals surface area contributed by atoms with Gasteiger partial charge in [0.25, 0.3) is 0 Å². The highest BCUT2D eigenvalue weighted by atomic mass is 35.5. The van der Waals surface area contributed by atoms with E-state index in [4.69, 9.17) is 16.3 Å². The van der Waals surface area contributed by atoms with Crippen molar-refractivity contribution in [1.29, 1.82) is 0 Å². The molecule has 0 aliphatic carbocycles. The number of carbonyl (C=O) groups is 3. The number of benzene rings is 1. The van der Waals surface area contributed by atoms with E-state index in [1.54, 1.807) is 19.1 Å². The summed E-state index contributed by atoms with van der Waals surface area (Å²) in [6, 6.07) is 9.38. The number of ketones is 1. The van der Waals surface area contributed by atoms with Crippen LogP contribution in [0.4, 0.5) is 0 Å². The lowest BCUT2D eigenvalue weighted by atomic mass is 9.89. The molecule has 2 saturated heterocycles. The Kier molecular flexibility index (Phi) is 5.31. The van der Waals surface area contributed by atoms with Gasteiger partial charge in [0, 0.05) is 18.6 Å². The molecule has 2 fully saturated rings. The van der Waals surface area contributed by atoms with Gasteiger partial charge in [0.2, 0.25) is 5.91 Å². The molecule has 0 saturated carbocycles. The lowest BCUT2D eigenvalue weighted by Crippen LogP contribution is -2.61. The second-order valence-corrected chi connectivity index (χ2v) is 9.34. The average Bonchev–Trinajstić information content (AvgIpc) is 3.30.